The van der Waals surface area contributed by atoms with Gasteiger partial charge in [0.2, 0.25) is 0 Å². The normalized spacial score (nSPS) is 10.6. The van der Waals surface area contributed by atoms with E-state index in [1.807, 2.05) is 6.07 Å². The van der Waals surface area contributed by atoms with Crippen LogP contribution in [0.15, 0.2) is 34.2 Å². The maximum absolute atomic E-state index is 12.0. The first kappa shape index (κ1) is 14.7. The molecule has 1 amide bonds. The van der Waals surface area contributed by atoms with Gasteiger partial charge in [-0.1, -0.05) is 29.5 Å². The van der Waals surface area contributed by atoms with E-state index in [9.17, 15) is 9.59 Å². The Balaban J connectivity index is 1.61. The number of nitrogens with one attached hydrogen (secondary N) is 2. The number of esters is 1. The fraction of sp³-hybridized carbons (Fsp3) is 0.0769. The minimum absolute atomic E-state index is 0.153. The second-order valence-electron chi connectivity index (χ2n) is 4.21. The Labute approximate surface area is 136 Å². The van der Waals surface area contributed by atoms with E-state index < -0.39 is 18.5 Å². The number of halogens is 1. The molecule has 2 aromatic heterocycles. The van der Waals surface area contributed by atoms with Crippen molar-refractivity contribution in [1.29, 1.82) is 0 Å². The summed E-state index contributed by atoms with van der Waals surface area (Å²) in [6, 6.07) is 7.17. The van der Waals surface area contributed by atoms with Crippen LogP contribution in [0.1, 0.15) is 10.5 Å². The average molecular weight is 381 g/mol. The average Bonchev–Trinajstić information content (AvgIpc) is 3.11. The molecule has 3 aromatic rings. The number of thiazole rings is 1. The molecule has 0 fully saturated rings. The van der Waals surface area contributed by atoms with Crippen LogP contribution in [0.3, 0.4) is 0 Å². The molecule has 0 atom stereocenters. The number of ether oxygens (including phenoxy) is 1. The summed E-state index contributed by atoms with van der Waals surface area (Å²) in [6.07, 6.45) is 1.57. The highest BCUT2D eigenvalue weighted by atomic mass is 79.9. The summed E-state index contributed by atoms with van der Waals surface area (Å²) in [5.74, 6) is -1.12. The Morgan fingerprint density at radius 1 is 1.36 bits per heavy atom. The monoisotopic (exact) mass is 380 g/mol. The van der Waals surface area contributed by atoms with Gasteiger partial charge in [-0.15, -0.1) is 0 Å². The number of hydrogen-bond donors (Lipinski definition) is 2. The minimum atomic E-state index is -0.659. The van der Waals surface area contributed by atoms with Gasteiger partial charge in [-0.2, -0.15) is 5.10 Å². The van der Waals surface area contributed by atoms with Crippen molar-refractivity contribution in [3.63, 3.8) is 0 Å². The Morgan fingerprint density at radius 2 is 2.18 bits per heavy atom. The van der Waals surface area contributed by atoms with Crippen LogP contribution in [0.25, 0.3) is 10.9 Å². The largest absolute Gasteiger partial charge is 0.451 e. The lowest BCUT2D eigenvalue weighted by Crippen LogP contribution is -2.21. The molecule has 112 valence electrons. The molecule has 0 radical (unpaired) electrons. The molecule has 0 aliphatic rings. The molecule has 2 heterocycles. The van der Waals surface area contributed by atoms with Gasteiger partial charge in [0.15, 0.2) is 17.4 Å². The van der Waals surface area contributed by atoms with Crippen LogP contribution in [0.4, 0.5) is 5.13 Å². The lowest BCUT2D eigenvalue weighted by atomic mass is 10.2. The molecule has 2 N–H and O–H groups in total. The lowest BCUT2D eigenvalue weighted by Gasteiger charge is -2.03. The number of fused-ring (bicyclic) bond motifs is 1. The Hall–Kier alpha value is -2.26. The smallest absolute Gasteiger partial charge is 0.359 e. The van der Waals surface area contributed by atoms with Crippen molar-refractivity contribution in [2.24, 2.45) is 0 Å². The first-order chi connectivity index (χ1) is 10.6. The highest BCUT2D eigenvalue weighted by Crippen LogP contribution is 2.23. The van der Waals surface area contributed by atoms with Crippen LogP contribution in [0.2, 0.25) is 0 Å². The van der Waals surface area contributed by atoms with E-state index in [0.29, 0.717) is 10.5 Å². The number of hydrogen-bond acceptors (Lipinski definition) is 6. The lowest BCUT2D eigenvalue weighted by molar-refractivity contribution is -0.119. The van der Waals surface area contributed by atoms with Gasteiger partial charge in [0.05, 0.1) is 15.5 Å². The van der Waals surface area contributed by atoms with Crippen LogP contribution < -0.4 is 5.32 Å². The second kappa shape index (κ2) is 6.24. The number of carbonyl (C=O) groups excluding carboxylic acids is 2. The quantitative estimate of drug-likeness (QED) is 0.677. The second-order valence-corrected chi connectivity index (χ2v) is 6.62. The summed E-state index contributed by atoms with van der Waals surface area (Å²) >= 11 is 4.51. The zero-order valence-electron chi connectivity index (χ0n) is 11.0. The van der Waals surface area contributed by atoms with Crippen molar-refractivity contribution in [3.05, 3.63) is 39.9 Å². The van der Waals surface area contributed by atoms with Crippen LogP contribution in [0, 0.1) is 0 Å². The third-order valence-electron chi connectivity index (χ3n) is 2.72. The van der Waals surface area contributed by atoms with Gasteiger partial charge < -0.3 is 4.74 Å². The zero-order valence-corrected chi connectivity index (χ0v) is 13.4. The minimum Gasteiger partial charge on any atom is -0.451 e. The molecule has 1 aromatic carbocycles. The van der Waals surface area contributed by atoms with Gasteiger partial charge in [0.25, 0.3) is 5.91 Å². The Kier molecular flexibility index (Phi) is 4.16. The van der Waals surface area contributed by atoms with Gasteiger partial charge in [-0.05, 0) is 22.0 Å². The van der Waals surface area contributed by atoms with Crippen molar-refractivity contribution in [2.45, 2.75) is 0 Å². The molecule has 0 spiro atoms. The van der Waals surface area contributed by atoms with Gasteiger partial charge in [0, 0.05) is 5.39 Å². The van der Waals surface area contributed by atoms with Gasteiger partial charge in [0.1, 0.15) is 0 Å². The molecule has 3 rings (SSSR count). The van der Waals surface area contributed by atoms with E-state index in [1.165, 1.54) is 11.3 Å². The molecule has 7 nitrogen and oxygen atoms in total. The van der Waals surface area contributed by atoms with Crippen LogP contribution >= 0.6 is 27.3 Å². The highest BCUT2D eigenvalue weighted by molar-refractivity contribution is 9.11. The summed E-state index contributed by atoms with van der Waals surface area (Å²) < 4.78 is 5.76. The highest BCUT2D eigenvalue weighted by Gasteiger charge is 2.17. The molecule has 0 aliphatic heterocycles. The fourth-order valence-corrected chi connectivity index (χ4v) is 2.91. The topological polar surface area (TPSA) is 97.0 Å². The summed E-state index contributed by atoms with van der Waals surface area (Å²) in [5.41, 5.74) is 0.881. The van der Waals surface area contributed by atoms with Gasteiger partial charge in [-0.25, -0.2) is 9.78 Å². The number of aromatic nitrogens is 3. The fourth-order valence-electron chi connectivity index (χ4n) is 1.79. The number of nitrogens with zero attached hydrogens (tertiary/aromatic N) is 2. The van der Waals surface area contributed by atoms with Crippen LogP contribution in [-0.4, -0.2) is 33.7 Å². The number of benzene rings is 1. The molecule has 0 unspecified atom stereocenters. The van der Waals surface area contributed by atoms with Crippen molar-refractivity contribution >= 4 is 55.2 Å². The van der Waals surface area contributed by atoms with Crippen molar-refractivity contribution in [1.82, 2.24) is 15.2 Å². The number of anilines is 1. The summed E-state index contributed by atoms with van der Waals surface area (Å²) in [5, 5.41) is 10.3. The van der Waals surface area contributed by atoms with E-state index in [1.54, 1.807) is 24.4 Å². The van der Waals surface area contributed by atoms with E-state index in [0.717, 1.165) is 9.30 Å². The number of H-pyrrole nitrogens is 1. The molecule has 9 heteroatoms. The van der Waals surface area contributed by atoms with Crippen molar-refractivity contribution < 1.29 is 14.3 Å². The van der Waals surface area contributed by atoms with Crippen LogP contribution in [-0.2, 0) is 9.53 Å². The van der Waals surface area contributed by atoms with E-state index in [-0.39, 0.29) is 5.69 Å². The predicted octanol–water partition coefficient (Wildman–Crippen LogP) is 2.58. The molecule has 22 heavy (non-hydrogen) atoms. The van der Waals surface area contributed by atoms with Crippen LogP contribution in [0.5, 0.6) is 0 Å². The maximum atomic E-state index is 12.0. The first-order valence-electron chi connectivity index (χ1n) is 6.15. The third-order valence-corrected chi connectivity index (χ3v) is 4.11. The number of aromatic amines is 1. The number of carbonyl (C=O) groups is 2. The summed E-state index contributed by atoms with van der Waals surface area (Å²) in [7, 11) is 0. The number of para-hydroxylation sites is 1. The van der Waals surface area contributed by atoms with Gasteiger partial charge >= 0.3 is 5.97 Å². The maximum Gasteiger partial charge on any atom is 0.359 e. The third kappa shape index (κ3) is 3.15. The van der Waals surface area contributed by atoms with E-state index in [4.69, 9.17) is 4.74 Å². The Bertz CT molecular complexity index is 845. The van der Waals surface area contributed by atoms with Gasteiger partial charge in [-0.3, -0.25) is 15.2 Å². The van der Waals surface area contributed by atoms with Crippen molar-refractivity contribution in [3.8, 4) is 0 Å². The number of amides is 1. The first-order valence-corrected chi connectivity index (χ1v) is 7.76. The SMILES string of the molecule is O=C(COC(=O)c1n[nH]c2ccccc12)Nc1ncc(Br)s1. The Morgan fingerprint density at radius 3 is 2.95 bits per heavy atom. The number of rotatable bonds is 4. The zero-order chi connectivity index (χ0) is 15.5. The molecule has 0 saturated carbocycles. The summed E-state index contributed by atoms with van der Waals surface area (Å²) in [4.78, 5) is 27.6. The van der Waals surface area contributed by atoms with E-state index >= 15 is 0 Å². The summed E-state index contributed by atoms with van der Waals surface area (Å²) in [6.45, 7) is -0.406. The molecular formula is C13H9BrN4O3S. The molecule has 0 bridgehead atoms. The van der Waals surface area contributed by atoms with E-state index in [2.05, 4.69) is 36.4 Å². The van der Waals surface area contributed by atoms with Crippen molar-refractivity contribution in [2.75, 3.05) is 11.9 Å². The standard InChI is InChI=1S/C13H9BrN4O3S/c14-9-5-15-13(22-9)16-10(19)6-21-12(20)11-7-3-1-2-4-8(7)17-18-11/h1-5H,6H2,(H,17,18)(H,15,16,19). The molecular weight excluding hydrogens is 372 g/mol. The molecule has 0 saturated heterocycles. The predicted molar refractivity (Wildman–Crippen MR) is 84.8 cm³/mol. The molecule has 0 aliphatic carbocycles.